The van der Waals surface area contributed by atoms with Gasteiger partial charge in [0.2, 0.25) is 0 Å². The number of Topliss-reactive ketones (excluding diaryl/α,β-unsaturated/α-hetero) is 1. The molecule has 0 amide bonds. The monoisotopic (exact) mass is 414 g/mol. The Morgan fingerprint density at radius 1 is 0.600 bits per heavy atom. The average Bonchev–Trinajstić information content (AvgIpc) is 2.81. The molecule has 0 saturated heterocycles. The summed E-state index contributed by atoms with van der Waals surface area (Å²) in [6.45, 7) is 1.66. The van der Waals surface area contributed by atoms with Gasteiger partial charge in [-0.15, -0.1) is 0 Å². The second-order valence-electron chi connectivity index (χ2n) is 6.97. The summed E-state index contributed by atoms with van der Waals surface area (Å²) in [6, 6.07) is 42.0. The van der Waals surface area contributed by atoms with Crippen molar-refractivity contribution in [2.75, 3.05) is 6.61 Å². The van der Waals surface area contributed by atoms with Gasteiger partial charge < -0.3 is 4.74 Å². The summed E-state index contributed by atoms with van der Waals surface area (Å²) >= 11 is 0. The minimum absolute atomic E-state index is 0.0360. The zero-order valence-corrected chi connectivity index (χ0v) is 18.3. The van der Waals surface area contributed by atoms with Crippen LogP contribution in [0.4, 0.5) is 0 Å². The maximum absolute atomic E-state index is 10.5. The van der Waals surface area contributed by atoms with Crippen LogP contribution in [0.15, 0.2) is 121 Å². The van der Waals surface area contributed by atoms with Gasteiger partial charge in [-0.25, -0.2) is 0 Å². The fourth-order valence-electron chi connectivity index (χ4n) is 3.22. The van der Waals surface area contributed by atoms with Gasteiger partial charge in [-0.05, 0) is 19.1 Å². The van der Waals surface area contributed by atoms with E-state index in [2.05, 4.69) is 91.0 Å². The van der Waals surface area contributed by atoms with Crippen molar-refractivity contribution >= 4 is 29.6 Å². The van der Waals surface area contributed by atoms with Crippen molar-refractivity contribution in [2.45, 2.75) is 6.92 Å². The van der Waals surface area contributed by atoms with Crippen molar-refractivity contribution < 1.29 is 9.53 Å². The Kier molecular flexibility index (Phi) is 8.38. The average molecular weight is 414 g/mol. The third kappa shape index (κ3) is 6.69. The predicted octanol–water partition coefficient (Wildman–Crippen LogP) is 4.56. The third-order valence-corrected chi connectivity index (χ3v) is 7.74. The second-order valence-corrected chi connectivity index (χ2v) is 9.83. The van der Waals surface area contributed by atoms with E-state index in [0.717, 1.165) is 5.75 Å². The van der Waals surface area contributed by atoms with Crippen LogP contribution >= 0.6 is 7.92 Å². The number of ether oxygens (including phenoxy) is 1. The molecule has 0 atom stereocenters. The molecule has 30 heavy (non-hydrogen) atoms. The molecule has 2 nitrogen and oxygen atoms in total. The number of benzene rings is 4. The third-order valence-electron chi connectivity index (χ3n) is 4.58. The molecule has 0 saturated carbocycles. The number of hydrogen-bond donors (Lipinski definition) is 0. The van der Waals surface area contributed by atoms with Gasteiger partial charge in [0.15, 0.2) is 5.78 Å². The molecule has 0 unspecified atom stereocenters. The van der Waals surface area contributed by atoms with Crippen LogP contribution in [0.1, 0.15) is 6.92 Å². The maximum atomic E-state index is 10.5. The van der Waals surface area contributed by atoms with E-state index in [0.29, 0.717) is 0 Å². The molecule has 0 spiro atoms. The van der Waals surface area contributed by atoms with Gasteiger partial charge in [-0.1, -0.05) is 18.2 Å². The molecule has 4 aromatic rings. The molecular formula is C27H27O2P. The van der Waals surface area contributed by atoms with Crippen LogP contribution in [0.25, 0.3) is 0 Å². The number of hydrogen-bond acceptors (Lipinski definition) is 2. The van der Waals surface area contributed by atoms with E-state index in [1.54, 1.807) is 0 Å². The van der Waals surface area contributed by atoms with Crippen molar-refractivity contribution in [1.82, 2.24) is 0 Å². The van der Waals surface area contributed by atoms with Gasteiger partial charge in [0.1, 0.15) is 12.4 Å². The summed E-state index contributed by atoms with van der Waals surface area (Å²) in [5.74, 6) is 0.775. The van der Waals surface area contributed by atoms with Crippen LogP contribution in [0.2, 0.25) is 0 Å². The molecule has 0 aromatic heterocycles. The molecule has 0 heterocycles. The van der Waals surface area contributed by atoms with Gasteiger partial charge in [0.05, 0.1) is 0 Å². The van der Waals surface area contributed by atoms with Crippen LogP contribution < -0.4 is 20.7 Å². The predicted molar refractivity (Wildman–Crippen MR) is 131 cm³/mol. The Labute approximate surface area is 179 Å². The van der Waals surface area contributed by atoms with Crippen molar-refractivity contribution in [2.24, 2.45) is 0 Å². The normalized spacial score (nSPS) is 10.4. The molecular weight excluding hydrogens is 387 g/mol. The Morgan fingerprint density at radius 3 is 1.27 bits per heavy atom. The van der Waals surface area contributed by atoms with E-state index in [9.17, 15) is 4.79 Å². The molecule has 0 bridgehead atoms. The first-order valence-corrected chi connectivity index (χ1v) is 11.8. The number of rotatable bonds is 6. The molecule has 4 rings (SSSR count). The van der Waals surface area contributed by atoms with Crippen LogP contribution in [0.5, 0.6) is 5.75 Å². The van der Waals surface area contributed by atoms with Crippen LogP contribution in [0.3, 0.4) is 0 Å². The van der Waals surface area contributed by atoms with E-state index < -0.39 is 7.92 Å². The van der Waals surface area contributed by atoms with E-state index in [4.69, 9.17) is 4.74 Å². The number of carbonyl (C=O) groups is 1. The Morgan fingerprint density at radius 2 is 0.933 bits per heavy atom. The SMILES string of the molecule is CC(=O)COc1ccccc1.c1ccc([PH2](c2ccccc2)c2ccccc2)cc1. The fourth-order valence-corrected chi connectivity index (χ4v) is 6.19. The summed E-state index contributed by atoms with van der Waals surface area (Å²) < 4.78 is 5.12. The van der Waals surface area contributed by atoms with Crippen molar-refractivity contribution in [3.05, 3.63) is 121 Å². The van der Waals surface area contributed by atoms with E-state index >= 15 is 0 Å². The van der Waals surface area contributed by atoms with Gasteiger partial charge in [-0.2, -0.15) is 0 Å². The summed E-state index contributed by atoms with van der Waals surface area (Å²) in [5, 5.41) is 4.42. The molecule has 3 heteroatoms. The molecule has 4 aromatic carbocycles. The zero-order chi connectivity index (χ0) is 21.0. The van der Waals surface area contributed by atoms with Gasteiger partial charge in [0, 0.05) is 0 Å². The Hall–Kier alpha value is -3.22. The number of carbonyl (C=O) groups excluding carboxylic acids is 1. The van der Waals surface area contributed by atoms with Crippen LogP contribution in [-0.4, -0.2) is 12.4 Å². The van der Waals surface area contributed by atoms with Crippen molar-refractivity contribution in [3.8, 4) is 5.75 Å². The first kappa shape index (κ1) is 21.5. The van der Waals surface area contributed by atoms with E-state index in [1.807, 2.05) is 30.3 Å². The standard InChI is InChI=1S/C18H17P.C9H10O2/c1-4-10-16(11-5-1)19(17-12-6-2-7-13-17)18-14-8-3-9-15-18;1-8(10)7-11-9-5-3-2-4-6-9/h1-15H,19H2;2-6H,7H2,1H3. The summed E-state index contributed by atoms with van der Waals surface area (Å²) in [5.41, 5.74) is 0. The van der Waals surface area contributed by atoms with Crippen molar-refractivity contribution in [3.63, 3.8) is 0 Å². The number of para-hydroxylation sites is 1. The minimum atomic E-state index is -1.31. The van der Waals surface area contributed by atoms with Gasteiger partial charge in [-0.3, -0.25) is 4.79 Å². The summed E-state index contributed by atoms with van der Waals surface area (Å²) in [4.78, 5) is 10.5. The molecule has 0 aliphatic carbocycles. The quantitative estimate of drug-likeness (QED) is 0.432. The van der Waals surface area contributed by atoms with Crippen LogP contribution in [0, 0.1) is 0 Å². The zero-order valence-electron chi connectivity index (χ0n) is 17.1. The molecule has 152 valence electrons. The van der Waals surface area contributed by atoms with Gasteiger partial charge in [0.25, 0.3) is 0 Å². The Bertz CT molecular complexity index is 910. The number of ketones is 1. The molecule has 0 N–H and O–H groups in total. The molecule has 0 aliphatic heterocycles. The Balaban J connectivity index is 0.000000199. The first-order valence-electron chi connectivity index (χ1n) is 10.1. The molecule has 0 radical (unpaired) electrons. The topological polar surface area (TPSA) is 26.3 Å². The van der Waals surface area contributed by atoms with Crippen LogP contribution in [-0.2, 0) is 4.79 Å². The first-order chi connectivity index (χ1) is 14.7. The summed E-state index contributed by atoms with van der Waals surface area (Å²) in [6.07, 6.45) is 0. The molecule has 0 aliphatic rings. The van der Waals surface area contributed by atoms with E-state index in [1.165, 1.54) is 22.8 Å². The fraction of sp³-hybridized carbons (Fsp3) is 0.0741. The van der Waals surface area contributed by atoms with Gasteiger partial charge >= 0.3 is 115 Å². The van der Waals surface area contributed by atoms with Crippen molar-refractivity contribution in [1.29, 1.82) is 0 Å². The second kappa shape index (κ2) is 11.7. The summed E-state index contributed by atoms with van der Waals surface area (Å²) in [7, 11) is -1.31. The van der Waals surface area contributed by atoms with E-state index in [-0.39, 0.29) is 12.4 Å². The molecule has 0 fully saturated rings.